The molecular formula is C28H29N3O5. The number of benzene rings is 3. The monoisotopic (exact) mass is 487 g/mol. The van der Waals surface area contributed by atoms with Gasteiger partial charge in [0.05, 0.1) is 14.2 Å². The number of fused-ring (bicyclic) bond motifs is 1. The molecule has 8 heteroatoms. The molecule has 0 unspecified atom stereocenters. The van der Waals surface area contributed by atoms with Crippen molar-refractivity contribution in [2.24, 2.45) is 0 Å². The van der Waals surface area contributed by atoms with Crippen molar-refractivity contribution in [3.63, 3.8) is 0 Å². The minimum absolute atomic E-state index is 0.404. The molecule has 0 fully saturated rings. The smallest absolute Gasteiger partial charge is 0.413 e. The number of pyridine rings is 1. The van der Waals surface area contributed by atoms with Crippen molar-refractivity contribution in [3.8, 4) is 28.7 Å². The van der Waals surface area contributed by atoms with Gasteiger partial charge in [0.25, 0.3) is 0 Å². The summed E-state index contributed by atoms with van der Waals surface area (Å²) in [6, 6.07) is 20.2. The highest BCUT2D eigenvalue weighted by atomic mass is 16.6. The molecule has 0 aliphatic carbocycles. The summed E-state index contributed by atoms with van der Waals surface area (Å²) in [5, 5.41) is 7.62. The second kappa shape index (κ2) is 10.4. The number of rotatable bonds is 7. The molecule has 1 amide bonds. The minimum atomic E-state index is -0.514. The zero-order chi connectivity index (χ0) is 25.7. The van der Waals surface area contributed by atoms with Gasteiger partial charge in [0, 0.05) is 52.5 Å². The first-order valence-corrected chi connectivity index (χ1v) is 11.4. The number of carbonyl (C=O) groups is 1. The third kappa shape index (κ3) is 6.15. The van der Waals surface area contributed by atoms with Crippen molar-refractivity contribution < 1.29 is 23.7 Å². The number of anilines is 2. The Hall–Kier alpha value is -4.46. The lowest BCUT2D eigenvalue weighted by atomic mass is 10.1. The van der Waals surface area contributed by atoms with Gasteiger partial charge in [0.2, 0.25) is 0 Å². The fourth-order valence-corrected chi connectivity index (χ4v) is 3.55. The van der Waals surface area contributed by atoms with Crippen LogP contribution in [0.15, 0.2) is 72.9 Å². The number of nitrogens with one attached hydrogen (secondary N) is 2. The van der Waals surface area contributed by atoms with Crippen LogP contribution >= 0.6 is 0 Å². The van der Waals surface area contributed by atoms with Gasteiger partial charge in [-0.3, -0.25) is 0 Å². The van der Waals surface area contributed by atoms with Gasteiger partial charge in [-0.1, -0.05) is 24.3 Å². The normalized spacial score (nSPS) is 11.0. The molecule has 4 rings (SSSR count). The molecule has 1 aromatic heterocycles. The first kappa shape index (κ1) is 24.7. The Bertz CT molecular complexity index is 1360. The van der Waals surface area contributed by atoms with Crippen LogP contribution in [0.1, 0.15) is 20.8 Å². The molecule has 0 spiro atoms. The average Bonchev–Trinajstić information content (AvgIpc) is 2.84. The molecule has 8 nitrogen and oxygen atoms in total. The van der Waals surface area contributed by atoms with Crippen LogP contribution in [0.3, 0.4) is 0 Å². The maximum absolute atomic E-state index is 12.3. The van der Waals surface area contributed by atoms with Crippen LogP contribution in [0.25, 0.3) is 10.8 Å². The van der Waals surface area contributed by atoms with E-state index in [2.05, 4.69) is 15.6 Å². The van der Waals surface area contributed by atoms with Gasteiger partial charge in [-0.2, -0.15) is 0 Å². The summed E-state index contributed by atoms with van der Waals surface area (Å²) in [7, 11) is 3.20. The van der Waals surface area contributed by atoms with Gasteiger partial charge in [0.15, 0.2) is 0 Å². The highest BCUT2D eigenvalue weighted by Crippen LogP contribution is 2.36. The largest absolute Gasteiger partial charge is 0.497 e. The van der Waals surface area contributed by atoms with Gasteiger partial charge in [0.1, 0.15) is 34.6 Å². The van der Waals surface area contributed by atoms with Crippen LogP contribution in [0.4, 0.5) is 16.3 Å². The van der Waals surface area contributed by atoms with Crippen LogP contribution in [0.5, 0.6) is 28.7 Å². The van der Waals surface area contributed by atoms with Crippen LogP contribution in [0.2, 0.25) is 0 Å². The van der Waals surface area contributed by atoms with Crippen LogP contribution < -0.4 is 29.6 Å². The highest BCUT2D eigenvalue weighted by Gasteiger charge is 2.17. The van der Waals surface area contributed by atoms with E-state index in [-0.39, 0.29) is 0 Å². The minimum Gasteiger partial charge on any atom is -0.497 e. The standard InChI is InChI=1S/C28H29N3O5/c1-28(2,3)31-27(32)36-25-11-10-24(22-8-6-7-9-23(22)25)35-19-12-13-29-26(17-19)30-18-14-20(33-4)16-21(15-18)34-5/h6-17H,1-5H3,(H,29,30)(H,31,32). The Morgan fingerprint density at radius 3 is 2.08 bits per heavy atom. The molecule has 0 bridgehead atoms. The molecule has 0 radical (unpaired) electrons. The molecule has 36 heavy (non-hydrogen) atoms. The molecule has 3 aromatic carbocycles. The zero-order valence-corrected chi connectivity index (χ0v) is 20.9. The molecule has 186 valence electrons. The first-order chi connectivity index (χ1) is 17.2. The number of nitrogens with zero attached hydrogens (tertiary/aromatic N) is 1. The predicted molar refractivity (Wildman–Crippen MR) is 140 cm³/mol. The Balaban J connectivity index is 1.57. The summed E-state index contributed by atoms with van der Waals surface area (Å²) in [5.41, 5.74) is 0.357. The third-order valence-electron chi connectivity index (χ3n) is 5.11. The number of hydrogen-bond donors (Lipinski definition) is 2. The van der Waals surface area contributed by atoms with Crippen LogP contribution in [0, 0.1) is 0 Å². The quantitative estimate of drug-likeness (QED) is 0.301. The lowest BCUT2D eigenvalue weighted by Crippen LogP contribution is -2.42. The molecular weight excluding hydrogens is 458 g/mol. The second-order valence-corrected chi connectivity index (χ2v) is 9.08. The van der Waals surface area contributed by atoms with Gasteiger partial charge in [-0.25, -0.2) is 9.78 Å². The lowest BCUT2D eigenvalue weighted by molar-refractivity contribution is 0.191. The number of carbonyl (C=O) groups excluding carboxylic acids is 1. The van der Waals surface area contributed by atoms with E-state index in [9.17, 15) is 4.79 Å². The van der Waals surface area contributed by atoms with E-state index in [0.29, 0.717) is 34.6 Å². The fourth-order valence-electron chi connectivity index (χ4n) is 3.55. The molecule has 0 aliphatic rings. The maximum Gasteiger partial charge on any atom is 0.413 e. The Morgan fingerprint density at radius 2 is 1.44 bits per heavy atom. The lowest BCUT2D eigenvalue weighted by Gasteiger charge is -2.20. The third-order valence-corrected chi connectivity index (χ3v) is 5.11. The van der Waals surface area contributed by atoms with Crippen LogP contribution in [-0.2, 0) is 0 Å². The van der Waals surface area contributed by atoms with Crippen molar-refractivity contribution in [1.29, 1.82) is 0 Å². The maximum atomic E-state index is 12.3. The van der Waals surface area contributed by atoms with E-state index in [0.717, 1.165) is 16.5 Å². The van der Waals surface area contributed by atoms with E-state index in [1.807, 2.05) is 57.2 Å². The molecule has 0 saturated carbocycles. The topological polar surface area (TPSA) is 90.9 Å². The second-order valence-electron chi connectivity index (χ2n) is 9.08. The number of hydrogen-bond acceptors (Lipinski definition) is 7. The Morgan fingerprint density at radius 1 is 0.806 bits per heavy atom. The van der Waals surface area contributed by atoms with E-state index in [4.69, 9.17) is 18.9 Å². The van der Waals surface area contributed by atoms with Gasteiger partial charge < -0.3 is 29.6 Å². The molecule has 2 N–H and O–H groups in total. The molecule has 0 aliphatic heterocycles. The van der Waals surface area contributed by atoms with Crippen molar-refractivity contribution in [3.05, 3.63) is 72.9 Å². The van der Waals surface area contributed by atoms with Crippen molar-refractivity contribution in [1.82, 2.24) is 10.3 Å². The summed E-state index contributed by atoms with van der Waals surface area (Å²) in [5.74, 6) is 3.57. The van der Waals surface area contributed by atoms with Gasteiger partial charge in [-0.15, -0.1) is 0 Å². The van der Waals surface area contributed by atoms with E-state index in [1.54, 1.807) is 50.7 Å². The number of methoxy groups -OCH3 is 2. The van der Waals surface area contributed by atoms with Crippen molar-refractivity contribution in [2.45, 2.75) is 26.3 Å². The molecule has 1 heterocycles. The summed E-state index contributed by atoms with van der Waals surface area (Å²) in [4.78, 5) is 16.7. The Kier molecular flexibility index (Phi) is 7.15. The van der Waals surface area contributed by atoms with E-state index in [1.165, 1.54) is 0 Å². The summed E-state index contributed by atoms with van der Waals surface area (Å²) in [6.07, 6.45) is 1.14. The first-order valence-electron chi connectivity index (χ1n) is 11.4. The van der Waals surface area contributed by atoms with E-state index < -0.39 is 11.6 Å². The Labute approximate surface area is 210 Å². The van der Waals surface area contributed by atoms with Gasteiger partial charge in [-0.05, 0) is 39.0 Å². The molecule has 0 atom stereocenters. The molecule has 4 aromatic rings. The summed E-state index contributed by atoms with van der Waals surface area (Å²) in [6.45, 7) is 5.68. The SMILES string of the molecule is COc1cc(Nc2cc(Oc3ccc(OC(=O)NC(C)(C)C)c4ccccc34)ccn2)cc(OC)c1. The number of amides is 1. The predicted octanol–water partition coefficient (Wildman–Crippen LogP) is 6.67. The summed E-state index contributed by atoms with van der Waals surface area (Å²) < 4.78 is 22.5. The van der Waals surface area contributed by atoms with E-state index >= 15 is 0 Å². The zero-order valence-electron chi connectivity index (χ0n) is 20.9. The summed E-state index contributed by atoms with van der Waals surface area (Å²) >= 11 is 0. The van der Waals surface area contributed by atoms with Gasteiger partial charge >= 0.3 is 6.09 Å². The van der Waals surface area contributed by atoms with Crippen LogP contribution in [-0.4, -0.2) is 30.8 Å². The van der Waals surface area contributed by atoms with Crippen molar-refractivity contribution >= 4 is 28.4 Å². The van der Waals surface area contributed by atoms with Crippen molar-refractivity contribution in [2.75, 3.05) is 19.5 Å². The number of aromatic nitrogens is 1. The fraction of sp³-hybridized carbons (Fsp3) is 0.214. The molecule has 0 saturated heterocycles. The average molecular weight is 488 g/mol. The number of ether oxygens (including phenoxy) is 4. The highest BCUT2D eigenvalue weighted by molar-refractivity contribution is 5.94.